The number of nitrogens with one attached hydrogen (secondary N) is 1. The molecular weight excluding hydrogens is 206 g/mol. The molecular formula is C11H19N3O2. The second-order valence-electron chi connectivity index (χ2n) is 4.29. The van der Waals surface area contributed by atoms with Gasteiger partial charge in [-0.2, -0.15) is 5.10 Å². The molecule has 0 aliphatic carbocycles. The molecule has 1 rings (SSSR count). The molecule has 1 heterocycles. The van der Waals surface area contributed by atoms with Crippen LogP contribution in [0, 0.1) is 13.8 Å². The van der Waals surface area contributed by atoms with Gasteiger partial charge >= 0.3 is 5.97 Å². The summed E-state index contributed by atoms with van der Waals surface area (Å²) in [6.07, 6.45) is 0. The van der Waals surface area contributed by atoms with Crippen molar-refractivity contribution in [3.8, 4) is 0 Å². The smallest absolute Gasteiger partial charge is 0.325 e. The maximum absolute atomic E-state index is 10.8. The molecule has 5 nitrogen and oxygen atoms in total. The van der Waals surface area contributed by atoms with Gasteiger partial charge in [0.15, 0.2) is 0 Å². The van der Waals surface area contributed by atoms with Crippen LogP contribution in [0.5, 0.6) is 0 Å². The standard InChI is InChI=1S/C11H19N3O2/c1-6(2)14-9(5)10(7(3)13-14)12-8(4)11(15)16/h6,8,12H,1-5H3,(H,15,16). The second kappa shape index (κ2) is 4.55. The van der Waals surface area contributed by atoms with Crippen molar-refractivity contribution in [2.45, 2.75) is 46.7 Å². The molecule has 0 saturated heterocycles. The van der Waals surface area contributed by atoms with Crippen LogP contribution in [-0.2, 0) is 4.79 Å². The van der Waals surface area contributed by atoms with E-state index in [0.29, 0.717) is 0 Å². The maximum atomic E-state index is 10.8. The molecule has 90 valence electrons. The Labute approximate surface area is 95.5 Å². The van der Waals surface area contributed by atoms with Crippen LogP contribution < -0.4 is 5.32 Å². The fraction of sp³-hybridized carbons (Fsp3) is 0.636. The van der Waals surface area contributed by atoms with E-state index >= 15 is 0 Å². The number of aryl methyl sites for hydroxylation is 1. The predicted octanol–water partition coefficient (Wildman–Crippen LogP) is 1.97. The molecule has 0 fully saturated rings. The minimum atomic E-state index is -0.865. The van der Waals surface area contributed by atoms with Crippen molar-refractivity contribution in [2.24, 2.45) is 0 Å². The van der Waals surface area contributed by atoms with Crippen LogP contribution in [0.2, 0.25) is 0 Å². The molecule has 0 saturated carbocycles. The van der Waals surface area contributed by atoms with E-state index in [2.05, 4.69) is 10.4 Å². The average Bonchev–Trinajstić information content (AvgIpc) is 2.45. The Morgan fingerprint density at radius 2 is 1.94 bits per heavy atom. The van der Waals surface area contributed by atoms with Crippen LogP contribution in [0.1, 0.15) is 38.2 Å². The van der Waals surface area contributed by atoms with Gasteiger partial charge < -0.3 is 10.4 Å². The summed E-state index contributed by atoms with van der Waals surface area (Å²) in [7, 11) is 0. The van der Waals surface area contributed by atoms with Crippen LogP contribution in [0.4, 0.5) is 5.69 Å². The van der Waals surface area contributed by atoms with Crippen molar-refractivity contribution in [1.82, 2.24) is 9.78 Å². The van der Waals surface area contributed by atoms with Gasteiger partial charge in [0.2, 0.25) is 0 Å². The number of carboxylic acid groups (broad SMARTS) is 1. The number of hydrogen-bond donors (Lipinski definition) is 2. The van der Waals surface area contributed by atoms with E-state index < -0.39 is 12.0 Å². The highest BCUT2D eigenvalue weighted by molar-refractivity contribution is 5.77. The molecule has 1 aromatic heterocycles. The maximum Gasteiger partial charge on any atom is 0.325 e. The lowest BCUT2D eigenvalue weighted by Gasteiger charge is -2.12. The van der Waals surface area contributed by atoms with Crippen LogP contribution in [0.3, 0.4) is 0 Å². The van der Waals surface area contributed by atoms with E-state index in [-0.39, 0.29) is 6.04 Å². The molecule has 0 aliphatic rings. The second-order valence-corrected chi connectivity index (χ2v) is 4.29. The number of carbonyl (C=O) groups is 1. The number of nitrogens with zero attached hydrogens (tertiary/aromatic N) is 2. The number of rotatable bonds is 4. The third-order valence-electron chi connectivity index (χ3n) is 2.55. The van der Waals surface area contributed by atoms with Gasteiger partial charge in [-0.05, 0) is 34.6 Å². The van der Waals surface area contributed by atoms with E-state index in [4.69, 9.17) is 5.11 Å². The normalized spacial score (nSPS) is 12.9. The van der Waals surface area contributed by atoms with Gasteiger partial charge in [0, 0.05) is 6.04 Å². The minimum Gasteiger partial charge on any atom is -0.480 e. The summed E-state index contributed by atoms with van der Waals surface area (Å²) in [6.45, 7) is 9.53. The van der Waals surface area contributed by atoms with Gasteiger partial charge in [-0.25, -0.2) is 0 Å². The first-order valence-electron chi connectivity index (χ1n) is 5.39. The summed E-state index contributed by atoms with van der Waals surface area (Å²) < 4.78 is 1.90. The Morgan fingerprint density at radius 3 is 2.31 bits per heavy atom. The molecule has 16 heavy (non-hydrogen) atoms. The average molecular weight is 225 g/mol. The summed E-state index contributed by atoms with van der Waals surface area (Å²) in [5.74, 6) is -0.865. The highest BCUT2D eigenvalue weighted by Gasteiger charge is 2.17. The monoisotopic (exact) mass is 225 g/mol. The Bertz CT molecular complexity index is 396. The summed E-state index contributed by atoms with van der Waals surface area (Å²) in [6, 6.07) is -0.336. The van der Waals surface area contributed by atoms with Crippen molar-refractivity contribution in [3.63, 3.8) is 0 Å². The molecule has 5 heteroatoms. The van der Waals surface area contributed by atoms with E-state index in [1.807, 2.05) is 32.4 Å². The van der Waals surface area contributed by atoms with Crippen LogP contribution in [0.25, 0.3) is 0 Å². The lowest BCUT2D eigenvalue weighted by Crippen LogP contribution is -2.26. The van der Waals surface area contributed by atoms with Gasteiger partial charge in [-0.1, -0.05) is 0 Å². The lowest BCUT2D eigenvalue weighted by atomic mass is 10.2. The molecule has 0 amide bonds. The molecule has 0 radical (unpaired) electrons. The number of aromatic nitrogens is 2. The highest BCUT2D eigenvalue weighted by Crippen LogP contribution is 2.22. The predicted molar refractivity (Wildman–Crippen MR) is 62.8 cm³/mol. The van der Waals surface area contributed by atoms with Crippen molar-refractivity contribution < 1.29 is 9.90 Å². The Balaban J connectivity index is 3.01. The SMILES string of the molecule is Cc1nn(C(C)C)c(C)c1NC(C)C(=O)O. The van der Waals surface area contributed by atoms with E-state index in [0.717, 1.165) is 17.1 Å². The summed E-state index contributed by atoms with van der Waals surface area (Å²) in [5, 5.41) is 16.2. The molecule has 0 aromatic carbocycles. The van der Waals surface area contributed by atoms with E-state index in [1.54, 1.807) is 6.92 Å². The molecule has 0 spiro atoms. The molecule has 2 N–H and O–H groups in total. The van der Waals surface area contributed by atoms with E-state index in [1.165, 1.54) is 0 Å². The zero-order chi connectivity index (χ0) is 12.5. The number of anilines is 1. The summed E-state index contributed by atoms with van der Waals surface area (Å²) in [4.78, 5) is 10.8. The van der Waals surface area contributed by atoms with Crippen molar-refractivity contribution in [2.75, 3.05) is 5.32 Å². The van der Waals surface area contributed by atoms with Crippen LogP contribution in [-0.4, -0.2) is 26.9 Å². The fourth-order valence-corrected chi connectivity index (χ4v) is 1.65. The molecule has 1 aromatic rings. The van der Waals surface area contributed by atoms with Gasteiger partial charge in [0.25, 0.3) is 0 Å². The Hall–Kier alpha value is -1.52. The first-order valence-corrected chi connectivity index (χ1v) is 5.39. The van der Waals surface area contributed by atoms with Crippen LogP contribution in [0.15, 0.2) is 0 Å². The van der Waals surface area contributed by atoms with Crippen molar-refractivity contribution in [3.05, 3.63) is 11.4 Å². The fourth-order valence-electron chi connectivity index (χ4n) is 1.65. The zero-order valence-corrected chi connectivity index (χ0v) is 10.4. The first-order chi connectivity index (χ1) is 7.34. The summed E-state index contributed by atoms with van der Waals surface area (Å²) >= 11 is 0. The number of hydrogen-bond acceptors (Lipinski definition) is 3. The Morgan fingerprint density at radius 1 is 1.38 bits per heavy atom. The Kier molecular flexibility index (Phi) is 3.57. The number of carboxylic acids is 1. The molecule has 0 aliphatic heterocycles. The molecule has 0 bridgehead atoms. The van der Waals surface area contributed by atoms with Crippen molar-refractivity contribution in [1.29, 1.82) is 0 Å². The molecule has 1 unspecified atom stereocenters. The zero-order valence-electron chi connectivity index (χ0n) is 10.4. The lowest BCUT2D eigenvalue weighted by molar-refractivity contribution is -0.137. The minimum absolute atomic E-state index is 0.273. The topological polar surface area (TPSA) is 67.2 Å². The van der Waals surface area contributed by atoms with Crippen LogP contribution >= 0.6 is 0 Å². The third kappa shape index (κ3) is 2.35. The number of aliphatic carboxylic acids is 1. The van der Waals surface area contributed by atoms with Crippen molar-refractivity contribution >= 4 is 11.7 Å². The highest BCUT2D eigenvalue weighted by atomic mass is 16.4. The largest absolute Gasteiger partial charge is 0.480 e. The quantitative estimate of drug-likeness (QED) is 0.822. The van der Waals surface area contributed by atoms with E-state index in [9.17, 15) is 4.79 Å². The third-order valence-corrected chi connectivity index (χ3v) is 2.55. The summed E-state index contributed by atoms with van der Waals surface area (Å²) in [5.41, 5.74) is 2.63. The first kappa shape index (κ1) is 12.5. The van der Waals surface area contributed by atoms with Gasteiger partial charge in [-0.15, -0.1) is 0 Å². The van der Waals surface area contributed by atoms with Gasteiger partial charge in [-0.3, -0.25) is 9.48 Å². The molecule has 1 atom stereocenters. The van der Waals surface area contributed by atoms with Gasteiger partial charge in [0.1, 0.15) is 6.04 Å². The van der Waals surface area contributed by atoms with Gasteiger partial charge in [0.05, 0.1) is 17.1 Å².